The molecule has 0 aromatic heterocycles. The molecule has 0 bridgehead atoms. The molecule has 1 aliphatic rings. The van der Waals surface area contributed by atoms with Gasteiger partial charge in [0.2, 0.25) is 0 Å². The summed E-state index contributed by atoms with van der Waals surface area (Å²) in [7, 11) is 1.70. The number of methoxy groups -OCH3 is 1. The van der Waals surface area contributed by atoms with Gasteiger partial charge in [0.1, 0.15) is 5.75 Å². The van der Waals surface area contributed by atoms with Crippen molar-refractivity contribution < 1.29 is 4.74 Å². The Morgan fingerprint density at radius 2 is 2.06 bits per heavy atom. The fraction of sp³-hybridized carbons (Fsp3) is 0.462. The minimum atomic E-state index is -0.136. The second-order valence-electron chi connectivity index (χ2n) is 4.79. The first-order valence-corrected chi connectivity index (χ1v) is 5.84. The third-order valence-corrected chi connectivity index (χ3v) is 3.86. The summed E-state index contributed by atoms with van der Waals surface area (Å²) in [4.78, 5) is 1.05. The maximum Gasteiger partial charge on any atom is 0.142 e. The minimum absolute atomic E-state index is 0.136. The second-order valence-corrected chi connectivity index (χ2v) is 5.28. The number of anilines is 1. The molecular weight excluding hydrogens is 218 g/mol. The van der Waals surface area contributed by atoms with E-state index in [4.69, 9.17) is 17.0 Å². The average Bonchev–Trinajstić information content (AvgIpc) is 2.21. The van der Waals surface area contributed by atoms with Crippen molar-refractivity contribution in [1.29, 1.82) is 0 Å². The molecule has 1 aromatic rings. The number of hydrogen-bond donors (Lipinski definition) is 1. The van der Waals surface area contributed by atoms with Gasteiger partial charge in [-0.05, 0) is 38.0 Å². The van der Waals surface area contributed by atoms with Gasteiger partial charge in [-0.3, -0.25) is 0 Å². The predicted molar refractivity (Wildman–Crippen MR) is 71.7 cm³/mol. The summed E-state index contributed by atoms with van der Waals surface area (Å²) in [5.74, 6) is 0.899. The lowest BCUT2D eigenvalue weighted by molar-refractivity contribution is 0.415. The standard InChI is InChI=1S/C13H17NOS/c1-8-5-6-10(15-4)12-9(8)7-11(16)13(2,3)14-12/h5-6,14H,7H2,1-4H3. The van der Waals surface area contributed by atoms with Crippen LogP contribution in [0.15, 0.2) is 12.1 Å². The number of benzene rings is 1. The van der Waals surface area contributed by atoms with Gasteiger partial charge < -0.3 is 10.1 Å². The molecule has 1 N–H and O–H groups in total. The van der Waals surface area contributed by atoms with Crippen LogP contribution in [0.3, 0.4) is 0 Å². The lowest BCUT2D eigenvalue weighted by atomic mass is 9.87. The van der Waals surface area contributed by atoms with Crippen LogP contribution in [-0.2, 0) is 6.42 Å². The van der Waals surface area contributed by atoms with Crippen LogP contribution in [0.1, 0.15) is 25.0 Å². The first-order valence-electron chi connectivity index (χ1n) is 5.43. The van der Waals surface area contributed by atoms with Crippen LogP contribution in [0.5, 0.6) is 5.75 Å². The molecule has 0 radical (unpaired) electrons. The molecule has 0 aliphatic carbocycles. The van der Waals surface area contributed by atoms with Gasteiger partial charge in [-0.2, -0.15) is 0 Å². The number of nitrogens with one attached hydrogen (secondary N) is 1. The van der Waals surface area contributed by atoms with E-state index in [1.807, 2.05) is 6.07 Å². The maximum atomic E-state index is 5.45. The number of fused-ring (bicyclic) bond motifs is 1. The summed E-state index contributed by atoms with van der Waals surface area (Å²) in [6, 6.07) is 4.09. The summed E-state index contributed by atoms with van der Waals surface area (Å²) in [6.45, 7) is 6.33. The Labute approximate surface area is 102 Å². The molecule has 1 aliphatic heterocycles. The zero-order valence-electron chi connectivity index (χ0n) is 10.2. The Bertz CT molecular complexity index is 451. The summed E-state index contributed by atoms with van der Waals surface area (Å²) >= 11 is 5.45. The molecule has 0 amide bonds. The van der Waals surface area contributed by atoms with Crippen molar-refractivity contribution in [3.05, 3.63) is 23.3 Å². The normalized spacial score (nSPS) is 17.6. The average molecular weight is 235 g/mol. The van der Waals surface area contributed by atoms with Gasteiger partial charge in [-0.25, -0.2) is 0 Å². The van der Waals surface area contributed by atoms with Crippen LogP contribution in [0.25, 0.3) is 0 Å². The van der Waals surface area contributed by atoms with Crippen LogP contribution in [-0.4, -0.2) is 17.5 Å². The van der Waals surface area contributed by atoms with Crippen LogP contribution in [0.2, 0.25) is 0 Å². The lowest BCUT2D eigenvalue weighted by Crippen LogP contribution is -2.44. The summed E-state index contributed by atoms with van der Waals surface area (Å²) < 4.78 is 5.39. The molecule has 2 rings (SSSR count). The van der Waals surface area contributed by atoms with E-state index in [0.29, 0.717) is 0 Å². The predicted octanol–water partition coefficient (Wildman–Crippen LogP) is 3.12. The Hall–Kier alpha value is -1.09. The molecule has 1 heterocycles. The molecule has 0 unspecified atom stereocenters. The summed E-state index contributed by atoms with van der Waals surface area (Å²) in [5.41, 5.74) is 3.49. The van der Waals surface area contributed by atoms with Gasteiger partial charge in [0, 0.05) is 11.3 Å². The van der Waals surface area contributed by atoms with E-state index in [0.717, 1.165) is 22.7 Å². The largest absolute Gasteiger partial charge is 0.495 e. The Morgan fingerprint density at radius 3 is 2.69 bits per heavy atom. The quantitative estimate of drug-likeness (QED) is 0.756. The Balaban J connectivity index is 2.58. The van der Waals surface area contributed by atoms with Crippen molar-refractivity contribution in [3.63, 3.8) is 0 Å². The highest BCUT2D eigenvalue weighted by molar-refractivity contribution is 7.80. The topological polar surface area (TPSA) is 21.3 Å². The fourth-order valence-electron chi connectivity index (χ4n) is 2.03. The summed E-state index contributed by atoms with van der Waals surface area (Å²) in [6.07, 6.45) is 0.855. The van der Waals surface area contributed by atoms with Crippen molar-refractivity contribution in [2.75, 3.05) is 12.4 Å². The molecule has 2 nitrogen and oxygen atoms in total. The van der Waals surface area contributed by atoms with Crippen molar-refractivity contribution in [2.45, 2.75) is 32.7 Å². The van der Waals surface area contributed by atoms with Crippen LogP contribution in [0.4, 0.5) is 5.69 Å². The van der Waals surface area contributed by atoms with Gasteiger partial charge in [-0.15, -0.1) is 0 Å². The maximum absolute atomic E-state index is 5.45. The smallest absolute Gasteiger partial charge is 0.142 e. The zero-order chi connectivity index (χ0) is 11.9. The molecule has 0 fully saturated rings. The lowest BCUT2D eigenvalue weighted by Gasteiger charge is -2.36. The second kappa shape index (κ2) is 3.74. The van der Waals surface area contributed by atoms with Gasteiger partial charge in [0.25, 0.3) is 0 Å². The van der Waals surface area contributed by atoms with E-state index < -0.39 is 0 Å². The zero-order valence-corrected chi connectivity index (χ0v) is 11.0. The number of ether oxygens (including phenoxy) is 1. The van der Waals surface area contributed by atoms with Gasteiger partial charge in [-0.1, -0.05) is 18.3 Å². The molecule has 0 saturated carbocycles. The number of thiocarbonyl (C=S) groups is 1. The van der Waals surface area contributed by atoms with Crippen molar-refractivity contribution in [3.8, 4) is 5.75 Å². The molecule has 16 heavy (non-hydrogen) atoms. The fourth-order valence-corrected chi connectivity index (χ4v) is 2.22. The molecule has 0 saturated heterocycles. The van der Waals surface area contributed by atoms with Crippen LogP contribution >= 0.6 is 12.2 Å². The van der Waals surface area contributed by atoms with Crippen molar-refractivity contribution in [2.24, 2.45) is 0 Å². The summed E-state index contributed by atoms with van der Waals surface area (Å²) in [5, 5.41) is 3.48. The van der Waals surface area contributed by atoms with Gasteiger partial charge in [0.15, 0.2) is 0 Å². The number of hydrogen-bond acceptors (Lipinski definition) is 3. The van der Waals surface area contributed by atoms with Gasteiger partial charge in [0.05, 0.1) is 18.3 Å². The Morgan fingerprint density at radius 1 is 1.38 bits per heavy atom. The Kier molecular flexibility index (Phi) is 2.66. The van der Waals surface area contributed by atoms with E-state index in [-0.39, 0.29) is 5.54 Å². The highest BCUT2D eigenvalue weighted by atomic mass is 32.1. The first kappa shape index (κ1) is 11.4. The van der Waals surface area contributed by atoms with E-state index in [2.05, 4.69) is 32.2 Å². The number of rotatable bonds is 1. The van der Waals surface area contributed by atoms with E-state index in [9.17, 15) is 0 Å². The molecule has 1 aromatic carbocycles. The van der Waals surface area contributed by atoms with E-state index in [1.54, 1.807) is 7.11 Å². The number of aryl methyl sites for hydroxylation is 1. The van der Waals surface area contributed by atoms with Crippen molar-refractivity contribution >= 4 is 22.8 Å². The molecule has 0 atom stereocenters. The van der Waals surface area contributed by atoms with Crippen molar-refractivity contribution in [1.82, 2.24) is 0 Å². The third-order valence-electron chi connectivity index (χ3n) is 3.20. The highest BCUT2D eigenvalue weighted by Gasteiger charge is 2.31. The molecule has 0 spiro atoms. The van der Waals surface area contributed by atoms with E-state index >= 15 is 0 Å². The minimum Gasteiger partial charge on any atom is -0.495 e. The third kappa shape index (κ3) is 1.69. The molecule has 86 valence electrons. The van der Waals surface area contributed by atoms with Gasteiger partial charge >= 0.3 is 0 Å². The molecular formula is C13H17NOS. The first-order chi connectivity index (χ1) is 7.45. The monoisotopic (exact) mass is 235 g/mol. The van der Waals surface area contributed by atoms with Crippen LogP contribution in [0, 0.1) is 6.92 Å². The van der Waals surface area contributed by atoms with E-state index in [1.165, 1.54) is 11.1 Å². The van der Waals surface area contributed by atoms with Crippen LogP contribution < -0.4 is 10.1 Å². The molecule has 3 heteroatoms. The SMILES string of the molecule is COc1ccc(C)c2c1NC(C)(C)C(=S)C2. The highest BCUT2D eigenvalue weighted by Crippen LogP contribution is 2.38.